The molecule has 5 heteroatoms. The zero-order valence-corrected chi connectivity index (χ0v) is 10.9. The summed E-state index contributed by atoms with van der Waals surface area (Å²) >= 11 is 6.06. The van der Waals surface area contributed by atoms with Crippen LogP contribution in [0.5, 0.6) is 0 Å². The Morgan fingerprint density at radius 3 is 2.89 bits per heavy atom. The summed E-state index contributed by atoms with van der Waals surface area (Å²) in [6, 6.07) is 7.16. The van der Waals surface area contributed by atoms with Crippen molar-refractivity contribution in [1.82, 2.24) is 0 Å². The zero-order valence-electron chi connectivity index (χ0n) is 10.1. The molecule has 2 atom stereocenters. The maximum absolute atomic E-state index is 11.6. The second kappa shape index (κ2) is 5.16. The number of aliphatic carboxylic acids is 1. The van der Waals surface area contributed by atoms with Crippen molar-refractivity contribution in [3.8, 4) is 0 Å². The highest BCUT2D eigenvalue weighted by molar-refractivity contribution is 6.33. The van der Waals surface area contributed by atoms with E-state index in [1.807, 2.05) is 19.1 Å². The lowest BCUT2D eigenvalue weighted by atomic mass is 9.86. The molecule has 2 unspecified atom stereocenters. The Morgan fingerprint density at radius 2 is 2.28 bits per heavy atom. The quantitative estimate of drug-likeness (QED) is 0.886. The SMILES string of the molecule is CC1CC(Nc2ccccc2Cl)(C(=O)O)CCO1. The molecule has 0 amide bonds. The van der Waals surface area contributed by atoms with Crippen molar-refractivity contribution < 1.29 is 14.6 Å². The molecule has 1 aliphatic rings. The van der Waals surface area contributed by atoms with Crippen LogP contribution < -0.4 is 5.32 Å². The topological polar surface area (TPSA) is 58.6 Å². The minimum Gasteiger partial charge on any atom is -0.480 e. The number of hydrogen-bond donors (Lipinski definition) is 2. The largest absolute Gasteiger partial charge is 0.480 e. The minimum absolute atomic E-state index is 0.0789. The van der Waals surface area contributed by atoms with E-state index in [1.165, 1.54) is 0 Å². The van der Waals surface area contributed by atoms with E-state index in [4.69, 9.17) is 16.3 Å². The zero-order chi connectivity index (χ0) is 13.2. The predicted molar refractivity (Wildman–Crippen MR) is 70.1 cm³/mol. The van der Waals surface area contributed by atoms with Gasteiger partial charge in [0.15, 0.2) is 0 Å². The van der Waals surface area contributed by atoms with E-state index in [2.05, 4.69) is 5.32 Å². The number of carboxylic acids is 1. The van der Waals surface area contributed by atoms with E-state index in [1.54, 1.807) is 12.1 Å². The van der Waals surface area contributed by atoms with Gasteiger partial charge in [-0.3, -0.25) is 0 Å². The molecule has 4 nitrogen and oxygen atoms in total. The lowest BCUT2D eigenvalue weighted by Gasteiger charge is -2.38. The van der Waals surface area contributed by atoms with Gasteiger partial charge in [0.05, 0.1) is 16.8 Å². The van der Waals surface area contributed by atoms with Gasteiger partial charge < -0.3 is 15.2 Å². The molecule has 1 aromatic rings. The van der Waals surface area contributed by atoms with E-state index in [0.29, 0.717) is 30.2 Å². The molecule has 0 bridgehead atoms. The fourth-order valence-electron chi connectivity index (χ4n) is 2.27. The lowest BCUT2D eigenvalue weighted by molar-refractivity contribution is -0.147. The first-order valence-corrected chi connectivity index (χ1v) is 6.29. The molecule has 18 heavy (non-hydrogen) atoms. The molecule has 1 aliphatic heterocycles. The smallest absolute Gasteiger partial charge is 0.329 e. The van der Waals surface area contributed by atoms with Gasteiger partial charge in [-0.2, -0.15) is 0 Å². The van der Waals surface area contributed by atoms with Crippen molar-refractivity contribution in [2.45, 2.75) is 31.4 Å². The van der Waals surface area contributed by atoms with Gasteiger partial charge in [0.1, 0.15) is 5.54 Å². The summed E-state index contributed by atoms with van der Waals surface area (Å²) in [7, 11) is 0. The monoisotopic (exact) mass is 269 g/mol. The molecule has 1 fully saturated rings. The number of rotatable bonds is 3. The molecular formula is C13H16ClNO3. The summed E-state index contributed by atoms with van der Waals surface area (Å²) in [4.78, 5) is 11.6. The molecule has 0 aromatic heterocycles. The normalized spacial score (nSPS) is 27.8. The van der Waals surface area contributed by atoms with Crippen molar-refractivity contribution in [3.05, 3.63) is 29.3 Å². The van der Waals surface area contributed by atoms with Gasteiger partial charge in [-0.1, -0.05) is 23.7 Å². The van der Waals surface area contributed by atoms with Crippen molar-refractivity contribution >= 4 is 23.3 Å². The third kappa shape index (κ3) is 2.60. The number of anilines is 1. The van der Waals surface area contributed by atoms with Crippen molar-refractivity contribution in [3.63, 3.8) is 0 Å². The van der Waals surface area contributed by atoms with Crippen molar-refractivity contribution in [2.75, 3.05) is 11.9 Å². The Balaban J connectivity index is 2.26. The highest BCUT2D eigenvalue weighted by atomic mass is 35.5. The Bertz CT molecular complexity index is 452. The van der Waals surface area contributed by atoms with E-state index in [-0.39, 0.29) is 6.10 Å². The van der Waals surface area contributed by atoms with Gasteiger partial charge in [-0.25, -0.2) is 4.79 Å². The number of benzene rings is 1. The molecule has 2 N–H and O–H groups in total. The van der Waals surface area contributed by atoms with Gasteiger partial charge in [0.25, 0.3) is 0 Å². The van der Waals surface area contributed by atoms with Crippen LogP contribution in [0.3, 0.4) is 0 Å². The first-order valence-electron chi connectivity index (χ1n) is 5.91. The summed E-state index contributed by atoms with van der Waals surface area (Å²) in [5, 5.41) is 13.1. The van der Waals surface area contributed by atoms with Crippen LogP contribution in [0.25, 0.3) is 0 Å². The second-order valence-corrected chi connectivity index (χ2v) is 5.03. The summed E-state index contributed by atoms with van der Waals surface area (Å²) in [5.41, 5.74) is -0.349. The van der Waals surface area contributed by atoms with Crippen LogP contribution in [0.1, 0.15) is 19.8 Å². The van der Waals surface area contributed by atoms with Crippen LogP contribution >= 0.6 is 11.6 Å². The Hall–Kier alpha value is -1.26. The number of para-hydroxylation sites is 1. The molecular weight excluding hydrogens is 254 g/mol. The van der Waals surface area contributed by atoms with Crippen molar-refractivity contribution in [2.24, 2.45) is 0 Å². The second-order valence-electron chi connectivity index (χ2n) is 4.63. The fourth-order valence-corrected chi connectivity index (χ4v) is 2.45. The van der Waals surface area contributed by atoms with Crippen LogP contribution in [-0.4, -0.2) is 29.3 Å². The highest BCUT2D eigenvalue weighted by Gasteiger charge is 2.42. The molecule has 0 radical (unpaired) electrons. The van der Waals surface area contributed by atoms with Crippen LogP contribution in [0, 0.1) is 0 Å². The van der Waals surface area contributed by atoms with E-state index in [9.17, 15) is 9.90 Å². The van der Waals surface area contributed by atoms with Crippen LogP contribution in [-0.2, 0) is 9.53 Å². The van der Waals surface area contributed by atoms with Gasteiger partial charge in [0, 0.05) is 19.4 Å². The molecule has 0 spiro atoms. The first kappa shape index (κ1) is 13.2. The summed E-state index contributed by atoms with van der Waals surface area (Å²) in [6.45, 7) is 2.32. The Morgan fingerprint density at radius 1 is 1.56 bits per heavy atom. The van der Waals surface area contributed by atoms with Gasteiger partial charge in [-0.15, -0.1) is 0 Å². The van der Waals surface area contributed by atoms with E-state index < -0.39 is 11.5 Å². The molecule has 2 rings (SSSR count). The van der Waals surface area contributed by atoms with Crippen molar-refractivity contribution in [1.29, 1.82) is 0 Å². The minimum atomic E-state index is -0.997. The number of nitrogens with one attached hydrogen (secondary N) is 1. The fraction of sp³-hybridized carbons (Fsp3) is 0.462. The molecule has 1 heterocycles. The van der Waals surface area contributed by atoms with Gasteiger partial charge in [-0.05, 0) is 19.1 Å². The highest BCUT2D eigenvalue weighted by Crippen LogP contribution is 2.32. The van der Waals surface area contributed by atoms with Gasteiger partial charge in [0.2, 0.25) is 0 Å². The molecule has 0 saturated carbocycles. The molecule has 0 aliphatic carbocycles. The number of ether oxygens (including phenoxy) is 1. The maximum Gasteiger partial charge on any atom is 0.329 e. The first-order chi connectivity index (χ1) is 8.53. The average Bonchev–Trinajstić information content (AvgIpc) is 2.32. The van der Waals surface area contributed by atoms with E-state index >= 15 is 0 Å². The lowest BCUT2D eigenvalue weighted by Crippen LogP contribution is -2.52. The number of carboxylic acid groups (broad SMARTS) is 1. The number of hydrogen-bond acceptors (Lipinski definition) is 3. The third-order valence-corrected chi connectivity index (χ3v) is 3.55. The summed E-state index contributed by atoms with van der Waals surface area (Å²) in [6.07, 6.45) is 0.774. The Labute approximate surface area is 111 Å². The molecule has 1 aromatic carbocycles. The predicted octanol–water partition coefficient (Wildman–Crippen LogP) is 2.77. The average molecular weight is 270 g/mol. The summed E-state index contributed by atoms with van der Waals surface area (Å²) < 4.78 is 5.41. The summed E-state index contributed by atoms with van der Waals surface area (Å²) in [5.74, 6) is -0.863. The standard InChI is InChI=1S/C13H16ClNO3/c1-9-8-13(12(16)17,6-7-18-9)15-11-5-3-2-4-10(11)14/h2-5,9,15H,6-8H2,1H3,(H,16,17). The van der Waals surface area contributed by atoms with Crippen LogP contribution in [0.15, 0.2) is 24.3 Å². The maximum atomic E-state index is 11.6. The molecule has 1 saturated heterocycles. The van der Waals surface area contributed by atoms with Crippen LogP contribution in [0.2, 0.25) is 5.02 Å². The van der Waals surface area contributed by atoms with E-state index in [0.717, 1.165) is 0 Å². The molecule has 98 valence electrons. The number of carbonyl (C=O) groups is 1. The van der Waals surface area contributed by atoms with Gasteiger partial charge >= 0.3 is 5.97 Å². The van der Waals surface area contributed by atoms with Crippen LogP contribution in [0.4, 0.5) is 5.69 Å². The Kier molecular flexibility index (Phi) is 3.78. The third-order valence-electron chi connectivity index (χ3n) is 3.22. The number of halogens is 1.